The summed E-state index contributed by atoms with van der Waals surface area (Å²) in [5.74, 6) is 0.794. The average Bonchev–Trinajstić information content (AvgIpc) is 2.75. The van der Waals surface area contributed by atoms with E-state index in [2.05, 4.69) is 25.1 Å². The van der Waals surface area contributed by atoms with Gasteiger partial charge in [-0.1, -0.05) is 35.3 Å². The zero-order valence-corrected chi connectivity index (χ0v) is 18.0. The second kappa shape index (κ2) is 10.6. The number of amides is 2. The first-order valence-corrected chi connectivity index (χ1v) is 10.5. The molecule has 0 spiro atoms. The normalized spacial score (nSPS) is 14.7. The van der Waals surface area contributed by atoms with E-state index in [1.165, 1.54) is 0 Å². The molecule has 9 heteroatoms. The third kappa shape index (κ3) is 6.19. The lowest BCUT2D eigenvalue weighted by Gasteiger charge is -2.34. The molecule has 29 heavy (non-hydrogen) atoms. The van der Waals surface area contributed by atoms with Crippen molar-refractivity contribution in [2.45, 2.75) is 13.0 Å². The lowest BCUT2D eigenvalue weighted by atomic mass is 10.2. The van der Waals surface area contributed by atoms with Crippen LogP contribution in [0.25, 0.3) is 0 Å². The van der Waals surface area contributed by atoms with Gasteiger partial charge >= 0.3 is 6.03 Å². The number of piperazine rings is 1. The van der Waals surface area contributed by atoms with E-state index < -0.39 is 0 Å². The van der Waals surface area contributed by atoms with Gasteiger partial charge in [0.2, 0.25) is 5.95 Å². The van der Waals surface area contributed by atoms with Gasteiger partial charge in [-0.05, 0) is 30.7 Å². The molecule has 0 radical (unpaired) electrons. The number of benzene rings is 1. The molecule has 2 heterocycles. The van der Waals surface area contributed by atoms with Gasteiger partial charge in [-0.2, -0.15) is 0 Å². The molecule has 0 atom stereocenters. The van der Waals surface area contributed by atoms with Crippen LogP contribution in [0.4, 0.5) is 10.7 Å². The highest BCUT2D eigenvalue weighted by molar-refractivity contribution is 6.42. The minimum Gasteiger partial charge on any atom is -0.338 e. The van der Waals surface area contributed by atoms with Gasteiger partial charge in [-0.25, -0.2) is 14.8 Å². The molecule has 0 saturated carbocycles. The van der Waals surface area contributed by atoms with E-state index in [4.69, 9.17) is 23.2 Å². The van der Waals surface area contributed by atoms with Crippen molar-refractivity contribution in [3.8, 4) is 0 Å². The summed E-state index contributed by atoms with van der Waals surface area (Å²) in [6.07, 6.45) is 4.45. The number of nitrogens with one attached hydrogen (secondary N) is 1. The maximum atomic E-state index is 12.3. The van der Waals surface area contributed by atoms with Crippen LogP contribution in [0.1, 0.15) is 12.0 Å². The van der Waals surface area contributed by atoms with E-state index in [1.54, 1.807) is 30.4 Å². The first-order chi connectivity index (χ1) is 14.0. The van der Waals surface area contributed by atoms with Crippen LogP contribution in [0.3, 0.4) is 0 Å². The molecule has 1 fully saturated rings. The molecule has 0 bridgehead atoms. The molecule has 0 aliphatic carbocycles. The Hall–Kier alpha value is -2.09. The van der Waals surface area contributed by atoms with Crippen molar-refractivity contribution in [1.29, 1.82) is 0 Å². The smallest absolute Gasteiger partial charge is 0.317 e. The van der Waals surface area contributed by atoms with E-state index >= 15 is 0 Å². The van der Waals surface area contributed by atoms with Gasteiger partial charge in [0.15, 0.2) is 0 Å². The number of nitrogens with zero attached hydrogens (tertiary/aromatic N) is 5. The Labute approximate surface area is 181 Å². The van der Waals surface area contributed by atoms with Crippen molar-refractivity contribution in [3.05, 3.63) is 52.3 Å². The Balaban J connectivity index is 1.33. The van der Waals surface area contributed by atoms with Gasteiger partial charge in [-0.3, -0.25) is 4.90 Å². The number of hydrogen-bond donors (Lipinski definition) is 1. The van der Waals surface area contributed by atoms with Gasteiger partial charge in [0.25, 0.3) is 0 Å². The van der Waals surface area contributed by atoms with Crippen LogP contribution < -0.4 is 10.2 Å². The van der Waals surface area contributed by atoms with Crippen molar-refractivity contribution in [2.24, 2.45) is 0 Å². The molecule has 2 amide bonds. The quantitative estimate of drug-likeness (QED) is 0.675. The SMILES string of the molecule is CN(Cc1cccc(Cl)c1Cl)C(=O)NCCCN1CCN(c2ncccn2)CC1. The summed E-state index contributed by atoms with van der Waals surface area (Å²) in [6.45, 7) is 5.77. The highest BCUT2D eigenvalue weighted by atomic mass is 35.5. The van der Waals surface area contributed by atoms with Gasteiger partial charge in [0, 0.05) is 58.7 Å². The standard InChI is InChI=1S/C20H26Cl2N6O/c1-26(15-16-5-2-6-17(21)18(16)22)20(29)25-9-4-10-27-11-13-28(14-12-27)19-23-7-3-8-24-19/h2-3,5-8H,4,9-15H2,1H3,(H,25,29). The van der Waals surface area contributed by atoms with Crippen LogP contribution in [0.5, 0.6) is 0 Å². The molecule has 1 aliphatic rings. The van der Waals surface area contributed by atoms with Crippen molar-refractivity contribution in [2.75, 3.05) is 51.2 Å². The summed E-state index contributed by atoms with van der Waals surface area (Å²) in [5, 5.41) is 3.96. The maximum Gasteiger partial charge on any atom is 0.317 e. The predicted octanol–water partition coefficient (Wildman–Crippen LogP) is 3.14. The van der Waals surface area contributed by atoms with Crippen molar-refractivity contribution in [1.82, 2.24) is 25.1 Å². The van der Waals surface area contributed by atoms with Crippen molar-refractivity contribution < 1.29 is 4.79 Å². The fourth-order valence-electron chi connectivity index (χ4n) is 3.26. The molecule has 1 saturated heterocycles. The summed E-state index contributed by atoms with van der Waals surface area (Å²) in [7, 11) is 1.75. The van der Waals surface area contributed by atoms with Crippen LogP contribution in [0, 0.1) is 0 Å². The van der Waals surface area contributed by atoms with Crippen LogP contribution >= 0.6 is 23.2 Å². The van der Waals surface area contributed by atoms with Crippen LogP contribution in [0.2, 0.25) is 10.0 Å². The number of aromatic nitrogens is 2. The molecule has 3 rings (SSSR count). The van der Waals surface area contributed by atoms with Crippen molar-refractivity contribution >= 4 is 35.2 Å². The highest BCUT2D eigenvalue weighted by Crippen LogP contribution is 2.26. The monoisotopic (exact) mass is 436 g/mol. The van der Waals surface area contributed by atoms with Crippen LogP contribution in [-0.4, -0.2) is 72.1 Å². The third-order valence-corrected chi connectivity index (χ3v) is 5.78. The second-order valence-electron chi connectivity index (χ2n) is 7.03. The number of anilines is 1. The van der Waals surface area contributed by atoms with E-state index in [9.17, 15) is 4.79 Å². The molecular weight excluding hydrogens is 411 g/mol. The topological polar surface area (TPSA) is 64.6 Å². The Kier molecular flexibility index (Phi) is 7.91. The fraction of sp³-hybridized carbons (Fsp3) is 0.450. The molecule has 7 nitrogen and oxygen atoms in total. The number of rotatable bonds is 7. The molecular formula is C20H26Cl2N6O. The summed E-state index contributed by atoms with van der Waals surface area (Å²) < 4.78 is 0. The van der Waals surface area contributed by atoms with E-state index in [-0.39, 0.29) is 6.03 Å². The van der Waals surface area contributed by atoms with Crippen molar-refractivity contribution in [3.63, 3.8) is 0 Å². The molecule has 2 aromatic rings. The number of hydrogen-bond acceptors (Lipinski definition) is 5. The summed E-state index contributed by atoms with van der Waals surface area (Å²) in [5.41, 5.74) is 0.831. The Morgan fingerprint density at radius 2 is 1.86 bits per heavy atom. The van der Waals surface area contributed by atoms with Gasteiger partial charge in [0.05, 0.1) is 10.0 Å². The highest BCUT2D eigenvalue weighted by Gasteiger charge is 2.18. The molecule has 1 aromatic carbocycles. The summed E-state index contributed by atoms with van der Waals surface area (Å²) in [4.78, 5) is 27.1. The largest absolute Gasteiger partial charge is 0.338 e. The minimum atomic E-state index is -0.118. The first kappa shape index (κ1) is 21.6. The molecule has 156 valence electrons. The van der Waals surface area contributed by atoms with Gasteiger partial charge < -0.3 is 15.1 Å². The fourth-order valence-corrected chi connectivity index (χ4v) is 3.64. The number of carbonyl (C=O) groups excluding carboxylic acids is 1. The third-order valence-electron chi connectivity index (χ3n) is 4.92. The van der Waals surface area contributed by atoms with E-state index in [0.29, 0.717) is 23.1 Å². The Morgan fingerprint density at radius 1 is 1.14 bits per heavy atom. The zero-order chi connectivity index (χ0) is 20.6. The number of halogens is 2. The summed E-state index contributed by atoms with van der Waals surface area (Å²) >= 11 is 12.2. The molecule has 1 aliphatic heterocycles. The zero-order valence-electron chi connectivity index (χ0n) is 16.5. The predicted molar refractivity (Wildman–Crippen MR) is 117 cm³/mol. The van der Waals surface area contributed by atoms with Gasteiger partial charge in [-0.15, -0.1) is 0 Å². The Morgan fingerprint density at radius 3 is 2.59 bits per heavy atom. The minimum absolute atomic E-state index is 0.118. The second-order valence-corrected chi connectivity index (χ2v) is 7.82. The lowest BCUT2D eigenvalue weighted by molar-refractivity contribution is 0.205. The van der Waals surface area contributed by atoms with Crippen LogP contribution in [0.15, 0.2) is 36.7 Å². The molecule has 1 aromatic heterocycles. The van der Waals surface area contributed by atoms with Gasteiger partial charge in [0.1, 0.15) is 0 Å². The molecule has 1 N–H and O–H groups in total. The van der Waals surface area contributed by atoms with Crippen LogP contribution in [-0.2, 0) is 6.54 Å². The summed E-state index contributed by atoms with van der Waals surface area (Å²) in [6, 6.07) is 7.15. The molecule has 0 unspecified atom stereocenters. The number of carbonyl (C=O) groups is 1. The number of urea groups is 1. The maximum absolute atomic E-state index is 12.3. The Bertz CT molecular complexity index is 799. The first-order valence-electron chi connectivity index (χ1n) is 9.71. The lowest BCUT2D eigenvalue weighted by Crippen LogP contribution is -2.47. The van der Waals surface area contributed by atoms with E-state index in [1.807, 2.05) is 18.2 Å². The van der Waals surface area contributed by atoms with E-state index in [0.717, 1.165) is 50.7 Å². The average molecular weight is 437 g/mol.